The largest absolute Gasteiger partial charge is 0.512 e. The zero-order chi connectivity index (χ0) is 20.7. The van der Waals surface area contributed by atoms with Crippen LogP contribution in [0.5, 0.6) is 0 Å². The molecular formula is C24H38O4. The predicted molar refractivity (Wildman–Crippen MR) is 113 cm³/mol. The van der Waals surface area contributed by atoms with Crippen LogP contribution in [0.15, 0.2) is 35.1 Å². The van der Waals surface area contributed by atoms with E-state index in [1.807, 2.05) is 6.08 Å². The highest BCUT2D eigenvalue weighted by Crippen LogP contribution is 2.49. The van der Waals surface area contributed by atoms with E-state index in [1.54, 1.807) is 0 Å². The molecular weight excluding hydrogens is 352 g/mol. The first-order valence-corrected chi connectivity index (χ1v) is 10.9. The second-order valence-corrected chi connectivity index (χ2v) is 9.10. The van der Waals surface area contributed by atoms with E-state index < -0.39 is 12.1 Å². The van der Waals surface area contributed by atoms with Crippen molar-refractivity contribution in [3.05, 3.63) is 35.1 Å². The van der Waals surface area contributed by atoms with E-state index in [-0.39, 0.29) is 18.3 Å². The molecule has 2 aliphatic carbocycles. The van der Waals surface area contributed by atoms with Crippen LogP contribution in [-0.2, 0) is 4.79 Å². The van der Waals surface area contributed by atoms with E-state index in [0.717, 1.165) is 32.1 Å². The zero-order valence-electron chi connectivity index (χ0n) is 17.7. The molecule has 4 nitrogen and oxygen atoms in total. The van der Waals surface area contributed by atoms with Crippen molar-refractivity contribution in [2.45, 2.75) is 84.7 Å². The quantitative estimate of drug-likeness (QED) is 0.308. The zero-order valence-corrected chi connectivity index (χ0v) is 17.7. The van der Waals surface area contributed by atoms with Crippen LogP contribution in [0.25, 0.3) is 0 Å². The number of rotatable bonds is 11. The maximum absolute atomic E-state index is 10.7. The average molecular weight is 391 g/mol. The lowest BCUT2D eigenvalue weighted by molar-refractivity contribution is -0.137. The van der Waals surface area contributed by atoms with Crippen LogP contribution in [0, 0.1) is 23.7 Å². The van der Waals surface area contributed by atoms with E-state index >= 15 is 0 Å². The van der Waals surface area contributed by atoms with Crippen molar-refractivity contribution in [2.24, 2.45) is 23.7 Å². The number of hydrogen-bond donors (Lipinski definition) is 3. The summed E-state index contributed by atoms with van der Waals surface area (Å²) in [5.41, 5.74) is 2.66. The lowest BCUT2D eigenvalue weighted by atomic mass is 9.87. The van der Waals surface area contributed by atoms with Gasteiger partial charge < -0.3 is 15.3 Å². The van der Waals surface area contributed by atoms with Gasteiger partial charge in [-0.25, -0.2) is 0 Å². The minimum atomic E-state index is -0.747. The van der Waals surface area contributed by atoms with Gasteiger partial charge in [0.1, 0.15) is 0 Å². The molecule has 0 aromatic heterocycles. The minimum Gasteiger partial charge on any atom is -0.512 e. The number of aliphatic hydroxyl groups is 2. The first-order chi connectivity index (χ1) is 13.3. The Morgan fingerprint density at radius 3 is 2.54 bits per heavy atom. The number of aliphatic carboxylic acids is 1. The van der Waals surface area contributed by atoms with Crippen LogP contribution in [0.1, 0.15) is 78.6 Å². The Balaban J connectivity index is 1.81. The molecule has 2 aliphatic rings. The predicted octanol–water partition coefficient (Wildman–Crippen LogP) is 5.79. The number of allylic oxidation sites excluding steroid dienone is 5. The molecule has 5 atom stereocenters. The first kappa shape index (κ1) is 22.7. The Labute approximate surface area is 170 Å². The third-order valence-corrected chi connectivity index (χ3v) is 6.34. The molecule has 3 N–H and O–H groups in total. The molecule has 158 valence electrons. The molecule has 0 spiro atoms. The summed E-state index contributed by atoms with van der Waals surface area (Å²) in [4.78, 5) is 10.7. The van der Waals surface area contributed by atoms with Crippen molar-refractivity contribution >= 4 is 5.97 Å². The van der Waals surface area contributed by atoms with Gasteiger partial charge in [-0.2, -0.15) is 0 Å². The highest BCUT2D eigenvalue weighted by molar-refractivity contribution is 5.66. The van der Waals surface area contributed by atoms with Crippen molar-refractivity contribution in [3.8, 4) is 0 Å². The third-order valence-electron chi connectivity index (χ3n) is 6.34. The van der Waals surface area contributed by atoms with Crippen molar-refractivity contribution in [3.63, 3.8) is 0 Å². The Hall–Kier alpha value is -1.55. The molecule has 2 rings (SSSR count). The van der Waals surface area contributed by atoms with Crippen LogP contribution in [0.4, 0.5) is 0 Å². The average Bonchev–Trinajstić information content (AvgIpc) is 3.09. The van der Waals surface area contributed by atoms with Crippen LogP contribution in [0.3, 0.4) is 0 Å². The molecule has 0 amide bonds. The minimum absolute atomic E-state index is 0.167. The van der Waals surface area contributed by atoms with Crippen molar-refractivity contribution < 1.29 is 20.1 Å². The fourth-order valence-electron chi connectivity index (χ4n) is 4.82. The summed E-state index contributed by atoms with van der Waals surface area (Å²) in [5, 5.41) is 29.9. The maximum Gasteiger partial charge on any atom is 0.303 e. The van der Waals surface area contributed by atoms with Gasteiger partial charge in [-0.15, -0.1) is 0 Å². The summed E-state index contributed by atoms with van der Waals surface area (Å²) in [6, 6.07) is 0. The van der Waals surface area contributed by atoms with Gasteiger partial charge in [0.15, 0.2) is 0 Å². The first-order valence-electron chi connectivity index (χ1n) is 10.9. The number of carboxylic acids is 1. The van der Waals surface area contributed by atoms with Crippen LogP contribution >= 0.6 is 0 Å². The van der Waals surface area contributed by atoms with Gasteiger partial charge in [-0.3, -0.25) is 4.79 Å². The molecule has 0 unspecified atom stereocenters. The number of aliphatic hydroxyl groups excluding tert-OH is 2. The summed E-state index contributed by atoms with van der Waals surface area (Å²) in [6.07, 6.45) is 13.4. The van der Waals surface area contributed by atoms with E-state index in [4.69, 9.17) is 5.11 Å². The number of hydrogen-bond acceptors (Lipinski definition) is 3. The Bertz CT molecular complexity index is 612. The van der Waals surface area contributed by atoms with Crippen LogP contribution < -0.4 is 0 Å². The maximum atomic E-state index is 10.7. The summed E-state index contributed by atoms with van der Waals surface area (Å²) in [7, 11) is 0. The molecule has 0 heterocycles. The summed E-state index contributed by atoms with van der Waals surface area (Å²) in [5.74, 6) is 0.646. The standard InChI is InChI=1S/C24H38O4/c1-16(2)7-4-8-17(3)9-5-11-21(25)24-20-14-18(10-6-12-23(27)28)13-19(20)15-22(24)26/h7,11,13,17,19-20,22,24-26H,4-6,8-10,12,14-15H2,1-3H3,(H,27,28)/t17-,19-,20-,22-,24+/m1/s1. The highest BCUT2D eigenvalue weighted by Gasteiger charge is 2.46. The second kappa shape index (κ2) is 10.8. The summed E-state index contributed by atoms with van der Waals surface area (Å²) >= 11 is 0. The molecule has 4 heteroatoms. The Morgan fingerprint density at radius 2 is 1.89 bits per heavy atom. The van der Waals surface area contributed by atoms with Gasteiger partial charge >= 0.3 is 5.97 Å². The van der Waals surface area contributed by atoms with Gasteiger partial charge in [0, 0.05) is 12.3 Å². The van der Waals surface area contributed by atoms with Crippen molar-refractivity contribution in [1.29, 1.82) is 0 Å². The SMILES string of the molecule is CC(C)=CCC[C@@H](C)CCC=C(O)[C@@H]1[C@@H]2CC(CCCC(=O)O)=C[C@@H]2C[C@H]1O. The third kappa shape index (κ3) is 6.80. The molecule has 1 fully saturated rings. The number of carboxylic acid groups (broad SMARTS) is 1. The molecule has 0 radical (unpaired) electrons. The fourth-order valence-corrected chi connectivity index (χ4v) is 4.82. The molecule has 0 saturated heterocycles. The lowest BCUT2D eigenvalue weighted by Crippen LogP contribution is -2.21. The molecule has 1 saturated carbocycles. The molecule has 0 aliphatic heterocycles. The number of fused-ring (bicyclic) bond motifs is 1. The fraction of sp³-hybridized carbons (Fsp3) is 0.708. The summed E-state index contributed by atoms with van der Waals surface area (Å²) < 4.78 is 0. The Kier molecular flexibility index (Phi) is 8.81. The molecule has 0 bridgehead atoms. The van der Waals surface area contributed by atoms with Gasteiger partial charge in [0.25, 0.3) is 0 Å². The topological polar surface area (TPSA) is 77.8 Å². The van der Waals surface area contributed by atoms with E-state index in [1.165, 1.54) is 17.6 Å². The van der Waals surface area contributed by atoms with Crippen molar-refractivity contribution in [2.75, 3.05) is 0 Å². The smallest absolute Gasteiger partial charge is 0.303 e. The van der Waals surface area contributed by atoms with E-state index in [0.29, 0.717) is 30.4 Å². The lowest BCUT2D eigenvalue weighted by Gasteiger charge is -2.21. The van der Waals surface area contributed by atoms with Crippen LogP contribution in [-0.4, -0.2) is 27.4 Å². The molecule has 0 aromatic carbocycles. The van der Waals surface area contributed by atoms with E-state index in [2.05, 4.69) is 32.9 Å². The monoisotopic (exact) mass is 390 g/mol. The molecule has 28 heavy (non-hydrogen) atoms. The van der Waals surface area contributed by atoms with Gasteiger partial charge in [-0.05, 0) is 89.0 Å². The van der Waals surface area contributed by atoms with E-state index in [9.17, 15) is 15.0 Å². The number of carbonyl (C=O) groups is 1. The van der Waals surface area contributed by atoms with Gasteiger partial charge in [0.05, 0.1) is 11.9 Å². The summed E-state index contributed by atoms with van der Waals surface area (Å²) in [6.45, 7) is 6.51. The van der Waals surface area contributed by atoms with Gasteiger partial charge in [0.2, 0.25) is 0 Å². The Morgan fingerprint density at radius 1 is 1.21 bits per heavy atom. The molecule has 0 aromatic rings. The van der Waals surface area contributed by atoms with Crippen LogP contribution in [0.2, 0.25) is 0 Å². The second-order valence-electron chi connectivity index (χ2n) is 9.10. The normalized spacial score (nSPS) is 28.0. The van der Waals surface area contributed by atoms with Gasteiger partial charge in [-0.1, -0.05) is 30.2 Å². The highest BCUT2D eigenvalue weighted by atomic mass is 16.4. The van der Waals surface area contributed by atoms with Crippen molar-refractivity contribution in [1.82, 2.24) is 0 Å².